The lowest BCUT2D eigenvalue weighted by atomic mass is 10.2. The van der Waals surface area contributed by atoms with Crippen molar-refractivity contribution in [2.75, 3.05) is 5.75 Å². The van der Waals surface area contributed by atoms with Crippen LogP contribution in [0.3, 0.4) is 0 Å². The highest BCUT2D eigenvalue weighted by Crippen LogP contribution is 2.23. The lowest BCUT2D eigenvalue weighted by molar-refractivity contribution is -0.118. The molecule has 0 aliphatic heterocycles. The minimum atomic E-state index is -0.160. The van der Waals surface area contributed by atoms with Crippen LogP contribution in [0.15, 0.2) is 76.9 Å². The topological polar surface area (TPSA) is 59.3 Å². The number of hydrogen-bond acceptors (Lipinski definition) is 4. The van der Waals surface area contributed by atoms with E-state index in [-0.39, 0.29) is 11.7 Å². The number of hydrogen-bond donors (Lipinski definition) is 1. The number of pyridine rings is 1. The second kappa shape index (κ2) is 9.37. The number of nitrogens with one attached hydrogen (secondary N) is 1. The third kappa shape index (κ3) is 4.98. The van der Waals surface area contributed by atoms with E-state index in [0.29, 0.717) is 5.02 Å². The smallest absolute Gasteiger partial charge is 0.250 e. The minimum Gasteiger partial charge on any atom is -0.318 e. The fraction of sp³-hybridized carbons (Fsp3) is 0.125. The van der Waals surface area contributed by atoms with Crippen LogP contribution in [0.25, 0.3) is 16.6 Å². The molecule has 2 heterocycles. The second-order valence-corrected chi connectivity index (χ2v) is 8.56. The molecule has 0 aliphatic rings. The summed E-state index contributed by atoms with van der Waals surface area (Å²) in [5.74, 6) is 0.121. The van der Waals surface area contributed by atoms with E-state index in [1.165, 1.54) is 11.8 Å². The van der Waals surface area contributed by atoms with Crippen LogP contribution < -0.4 is 5.43 Å². The highest BCUT2D eigenvalue weighted by Gasteiger charge is 2.10. The summed E-state index contributed by atoms with van der Waals surface area (Å²) in [6.45, 7) is 4.10. The number of benzene rings is 2. The molecule has 2 aromatic carbocycles. The summed E-state index contributed by atoms with van der Waals surface area (Å²) in [7, 11) is 0. The standard InChI is InChI=1S/C24H21ClN4OS/c1-16-12-19(14-27-28-24(30)15-31-22-8-5-20(25)6-9-22)17(2)29(16)21-7-10-23-18(13-21)4-3-11-26-23/h3-14H,15H2,1-2H3,(H,28,30)/b27-14-. The van der Waals surface area contributed by atoms with Crippen LogP contribution in [0, 0.1) is 13.8 Å². The number of aryl methyl sites for hydroxylation is 1. The van der Waals surface area contributed by atoms with E-state index in [0.717, 1.165) is 38.4 Å². The number of rotatable bonds is 6. The van der Waals surface area contributed by atoms with Gasteiger partial charge in [0.15, 0.2) is 0 Å². The molecule has 4 rings (SSSR count). The van der Waals surface area contributed by atoms with E-state index in [4.69, 9.17) is 11.6 Å². The molecular formula is C24H21ClN4OS. The zero-order valence-electron chi connectivity index (χ0n) is 17.2. The zero-order chi connectivity index (χ0) is 21.8. The van der Waals surface area contributed by atoms with Crippen LogP contribution in [-0.4, -0.2) is 27.4 Å². The van der Waals surface area contributed by atoms with Gasteiger partial charge in [0.25, 0.3) is 0 Å². The van der Waals surface area contributed by atoms with Crippen molar-refractivity contribution in [3.63, 3.8) is 0 Å². The number of thioether (sulfide) groups is 1. The summed E-state index contributed by atoms with van der Waals surface area (Å²) in [6.07, 6.45) is 3.48. The number of halogens is 1. The summed E-state index contributed by atoms with van der Waals surface area (Å²) < 4.78 is 2.17. The SMILES string of the molecule is Cc1cc(/C=N\NC(=O)CSc2ccc(Cl)cc2)c(C)n1-c1ccc2ncccc2c1. The summed E-state index contributed by atoms with van der Waals surface area (Å²) in [4.78, 5) is 17.5. The van der Waals surface area contributed by atoms with Crippen molar-refractivity contribution < 1.29 is 4.79 Å². The van der Waals surface area contributed by atoms with Crippen LogP contribution in [0.5, 0.6) is 0 Å². The zero-order valence-corrected chi connectivity index (χ0v) is 18.7. The number of nitrogens with zero attached hydrogens (tertiary/aromatic N) is 3. The molecule has 0 bridgehead atoms. The molecule has 0 unspecified atom stereocenters. The Hall–Kier alpha value is -3.09. The van der Waals surface area contributed by atoms with Gasteiger partial charge in [-0.1, -0.05) is 17.7 Å². The maximum absolute atomic E-state index is 12.1. The Morgan fingerprint density at radius 2 is 1.97 bits per heavy atom. The summed E-state index contributed by atoms with van der Waals surface area (Å²) in [5.41, 5.74) is 7.73. The van der Waals surface area contributed by atoms with Gasteiger partial charge in [-0.3, -0.25) is 9.78 Å². The predicted molar refractivity (Wildman–Crippen MR) is 128 cm³/mol. The lowest BCUT2D eigenvalue weighted by Gasteiger charge is -2.10. The van der Waals surface area contributed by atoms with Gasteiger partial charge in [-0.05, 0) is 68.4 Å². The Morgan fingerprint density at radius 3 is 2.77 bits per heavy atom. The van der Waals surface area contributed by atoms with Gasteiger partial charge in [-0.15, -0.1) is 11.8 Å². The van der Waals surface area contributed by atoms with Crippen LogP contribution >= 0.6 is 23.4 Å². The highest BCUT2D eigenvalue weighted by molar-refractivity contribution is 8.00. The van der Waals surface area contributed by atoms with E-state index in [2.05, 4.69) is 51.3 Å². The van der Waals surface area contributed by atoms with Crippen molar-refractivity contribution in [1.82, 2.24) is 15.0 Å². The second-order valence-electron chi connectivity index (χ2n) is 7.08. The fourth-order valence-corrected chi connectivity index (χ4v) is 4.22. The first kappa shape index (κ1) is 21.2. The molecule has 1 amide bonds. The normalized spacial score (nSPS) is 11.3. The number of hydrazone groups is 1. The van der Waals surface area contributed by atoms with E-state index < -0.39 is 0 Å². The molecule has 0 saturated carbocycles. The van der Waals surface area contributed by atoms with E-state index in [1.807, 2.05) is 43.3 Å². The molecule has 156 valence electrons. The number of amides is 1. The molecule has 0 fully saturated rings. The number of fused-ring (bicyclic) bond motifs is 1. The molecule has 2 aromatic heterocycles. The Kier molecular flexibility index (Phi) is 6.39. The maximum Gasteiger partial charge on any atom is 0.250 e. The Labute approximate surface area is 190 Å². The molecule has 0 spiro atoms. The van der Waals surface area contributed by atoms with Crippen LogP contribution in [0.1, 0.15) is 17.0 Å². The minimum absolute atomic E-state index is 0.160. The highest BCUT2D eigenvalue weighted by atomic mass is 35.5. The van der Waals surface area contributed by atoms with Gasteiger partial charge in [0.2, 0.25) is 5.91 Å². The quantitative estimate of drug-likeness (QED) is 0.239. The Bertz CT molecular complexity index is 1260. The van der Waals surface area contributed by atoms with E-state index in [9.17, 15) is 4.79 Å². The van der Waals surface area contributed by atoms with E-state index in [1.54, 1.807) is 12.4 Å². The molecule has 0 saturated heterocycles. The summed E-state index contributed by atoms with van der Waals surface area (Å²) in [5, 5.41) is 5.91. The van der Waals surface area contributed by atoms with Crippen LogP contribution in [0.4, 0.5) is 0 Å². The van der Waals surface area contributed by atoms with Gasteiger partial charge in [-0.2, -0.15) is 5.10 Å². The predicted octanol–water partition coefficient (Wildman–Crippen LogP) is 5.54. The van der Waals surface area contributed by atoms with Crippen molar-refractivity contribution in [3.05, 3.63) is 88.8 Å². The first-order valence-corrected chi connectivity index (χ1v) is 11.1. The number of aromatic nitrogens is 2. The molecule has 0 aliphatic carbocycles. The fourth-order valence-electron chi connectivity index (χ4n) is 3.40. The number of carbonyl (C=O) groups excluding carboxylic acids is 1. The first-order chi connectivity index (χ1) is 15.0. The molecule has 0 atom stereocenters. The Morgan fingerprint density at radius 1 is 1.16 bits per heavy atom. The monoisotopic (exact) mass is 448 g/mol. The van der Waals surface area contributed by atoms with Gasteiger partial charge < -0.3 is 4.57 Å². The Balaban J connectivity index is 1.43. The van der Waals surface area contributed by atoms with Gasteiger partial charge in [-0.25, -0.2) is 5.43 Å². The molecule has 7 heteroatoms. The molecule has 0 radical (unpaired) electrons. The van der Waals surface area contributed by atoms with Gasteiger partial charge in [0.1, 0.15) is 0 Å². The van der Waals surface area contributed by atoms with Gasteiger partial charge >= 0.3 is 0 Å². The number of carbonyl (C=O) groups is 1. The van der Waals surface area contributed by atoms with Gasteiger partial charge in [0, 0.05) is 44.1 Å². The van der Waals surface area contributed by atoms with Crippen molar-refractivity contribution in [2.45, 2.75) is 18.7 Å². The van der Waals surface area contributed by atoms with Crippen molar-refractivity contribution in [2.24, 2.45) is 5.10 Å². The van der Waals surface area contributed by atoms with E-state index >= 15 is 0 Å². The van der Waals surface area contributed by atoms with Crippen molar-refractivity contribution >= 4 is 46.4 Å². The molecule has 5 nitrogen and oxygen atoms in total. The van der Waals surface area contributed by atoms with Gasteiger partial charge in [0.05, 0.1) is 17.5 Å². The van der Waals surface area contributed by atoms with Crippen LogP contribution in [-0.2, 0) is 4.79 Å². The largest absolute Gasteiger partial charge is 0.318 e. The third-order valence-corrected chi connectivity index (χ3v) is 6.16. The average Bonchev–Trinajstić information content (AvgIpc) is 3.06. The third-order valence-electron chi connectivity index (χ3n) is 4.89. The molecule has 4 aromatic rings. The van der Waals surface area contributed by atoms with Crippen molar-refractivity contribution in [3.8, 4) is 5.69 Å². The van der Waals surface area contributed by atoms with Crippen molar-refractivity contribution in [1.29, 1.82) is 0 Å². The van der Waals surface area contributed by atoms with Crippen LogP contribution in [0.2, 0.25) is 5.02 Å². The summed E-state index contributed by atoms with van der Waals surface area (Å²) >= 11 is 7.32. The first-order valence-electron chi connectivity index (χ1n) is 9.75. The lowest BCUT2D eigenvalue weighted by Crippen LogP contribution is -2.19. The molecule has 31 heavy (non-hydrogen) atoms. The summed E-state index contributed by atoms with van der Waals surface area (Å²) in [6, 6.07) is 19.7. The molecule has 1 N–H and O–H groups in total. The average molecular weight is 449 g/mol. The molecular weight excluding hydrogens is 428 g/mol. The maximum atomic E-state index is 12.1.